The van der Waals surface area contributed by atoms with E-state index in [0.717, 1.165) is 5.56 Å². The Morgan fingerprint density at radius 3 is 2.80 bits per heavy atom. The number of carbonyl (C=O) groups is 1. The van der Waals surface area contributed by atoms with E-state index in [2.05, 4.69) is 5.32 Å². The SMILES string of the molecule is CCNC(=O)O[C@H](C)c1ccccc1Cl. The van der Waals surface area contributed by atoms with Crippen molar-refractivity contribution in [3.63, 3.8) is 0 Å². The number of hydrogen-bond donors (Lipinski definition) is 1. The van der Waals surface area contributed by atoms with Crippen LogP contribution in [0.25, 0.3) is 0 Å². The molecular weight excluding hydrogens is 214 g/mol. The number of nitrogens with one attached hydrogen (secondary N) is 1. The lowest BCUT2D eigenvalue weighted by molar-refractivity contribution is 0.107. The van der Waals surface area contributed by atoms with Crippen molar-refractivity contribution in [3.8, 4) is 0 Å². The van der Waals surface area contributed by atoms with Crippen molar-refractivity contribution in [3.05, 3.63) is 34.9 Å². The first-order chi connectivity index (χ1) is 7.15. The van der Waals surface area contributed by atoms with Gasteiger partial charge in [-0.15, -0.1) is 0 Å². The predicted molar refractivity (Wildman–Crippen MR) is 60.0 cm³/mol. The minimum atomic E-state index is -0.426. The Labute approximate surface area is 94.4 Å². The Hall–Kier alpha value is -1.22. The summed E-state index contributed by atoms with van der Waals surface area (Å²) in [6.45, 7) is 4.17. The molecule has 15 heavy (non-hydrogen) atoms. The maximum Gasteiger partial charge on any atom is 0.407 e. The zero-order valence-electron chi connectivity index (χ0n) is 8.79. The van der Waals surface area contributed by atoms with Gasteiger partial charge in [0.15, 0.2) is 0 Å². The third-order valence-electron chi connectivity index (χ3n) is 1.95. The Bertz CT molecular complexity index is 341. The molecule has 0 fully saturated rings. The second-order valence-corrected chi connectivity index (χ2v) is 3.51. The van der Waals surface area contributed by atoms with Gasteiger partial charge >= 0.3 is 6.09 Å². The van der Waals surface area contributed by atoms with Gasteiger partial charge in [-0.1, -0.05) is 29.8 Å². The fourth-order valence-corrected chi connectivity index (χ4v) is 1.50. The molecule has 1 N–H and O–H groups in total. The largest absolute Gasteiger partial charge is 0.442 e. The molecule has 0 aliphatic carbocycles. The summed E-state index contributed by atoms with van der Waals surface area (Å²) >= 11 is 5.97. The minimum Gasteiger partial charge on any atom is -0.442 e. The molecule has 82 valence electrons. The van der Waals surface area contributed by atoms with Crippen molar-refractivity contribution in [1.29, 1.82) is 0 Å². The van der Waals surface area contributed by atoms with Crippen molar-refractivity contribution < 1.29 is 9.53 Å². The Morgan fingerprint density at radius 2 is 2.20 bits per heavy atom. The first-order valence-corrected chi connectivity index (χ1v) is 5.21. The number of benzene rings is 1. The molecule has 0 saturated carbocycles. The molecule has 1 aromatic rings. The van der Waals surface area contributed by atoms with Gasteiger partial charge in [0.1, 0.15) is 6.10 Å². The first-order valence-electron chi connectivity index (χ1n) is 4.84. The Kier molecular flexibility index (Phi) is 4.43. The van der Waals surface area contributed by atoms with Gasteiger partial charge < -0.3 is 10.1 Å². The van der Waals surface area contributed by atoms with Gasteiger partial charge in [-0.2, -0.15) is 0 Å². The van der Waals surface area contributed by atoms with E-state index < -0.39 is 6.09 Å². The van der Waals surface area contributed by atoms with Crippen molar-refractivity contribution in [1.82, 2.24) is 5.32 Å². The third-order valence-corrected chi connectivity index (χ3v) is 2.29. The molecule has 0 spiro atoms. The van der Waals surface area contributed by atoms with Crippen LogP contribution >= 0.6 is 11.6 Å². The van der Waals surface area contributed by atoms with Crippen LogP contribution in [-0.2, 0) is 4.74 Å². The van der Waals surface area contributed by atoms with Crippen LogP contribution in [0.5, 0.6) is 0 Å². The van der Waals surface area contributed by atoms with Crippen molar-refractivity contribution in [2.24, 2.45) is 0 Å². The van der Waals surface area contributed by atoms with Crippen LogP contribution < -0.4 is 5.32 Å². The van der Waals surface area contributed by atoms with E-state index in [9.17, 15) is 4.79 Å². The van der Waals surface area contributed by atoms with Crippen LogP contribution in [0.1, 0.15) is 25.5 Å². The van der Waals surface area contributed by atoms with E-state index in [-0.39, 0.29) is 6.10 Å². The minimum absolute atomic E-state index is 0.342. The number of halogens is 1. The molecule has 0 heterocycles. The van der Waals surface area contributed by atoms with Gasteiger partial charge in [0.2, 0.25) is 0 Å². The summed E-state index contributed by atoms with van der Waals surface area (Å²) in [5.41, 5.74) is 0.811. The molecule has 0 radical (unpaired) electrons. The summed E-state index contributed by atoms with van der Waals surface area (Å²) < 4.78 is 5.12. The highest BCUT2D eigenvalue weighted by Crippen LogP contribution is 2.24. The molecule has 1 amide bonds. The first kappa shape index (κ1) is 11.9. The van der Waals surface area contributed by atoms with Crippen LogP contribution in [0.2, 0.25) is 5.02 Å². The average molecular weight is 228 g/mol. The second-order valence-electron chi connectivity index (χ2n) is 3.10. The Morgan fingerprint density at radius 1 is 1.53 bits per heavy atom. The lowest BCUT2D eigenvalue weighted by Gasteiger charge is -2.14. The Balaban J connectivity index is 2.65. The number of hydrogen-bond acceptors (Lipinski definition) is 2. The number of rotatable bonds is 3. The topological polar surface area (TPSA) is 38.3 Å². The molecule has 1 rings (SSSR count). The van der Waals surface area contributed by atoms with Gasteiger partial charge in [-0.05, 0) is 19.9 Å². The maximum absolute atomic E-state index is 11.2. The highest BCUT2D eigenvalue weighted by molar-refractivity contribution is 6.31. The zero-order chi connectivity index (χ0) is 11.3. The molecule has 0 aromatic heterocycles. The summed E-state index contributed by atoms with van der Waals surface area (Å²) in [6, 6.07) is 7.31. The smallest absolute Gasteiger partial charge is 0.407 e. The molecular formula is C11H14ClNO2. The van der Waals surface area contributed by atoms with Crippen LogP contribution in [0, 0.1) is 0 Å². The van der Waals surface area contributed by atoms with Gasteiger partial charge in [0, 0.05) is 17.1 Å². The van der Waals surface area contributed by atoms with E-state index in [0.29, 0.717) is 11.6 Å². The van der Waals surface area contributed by atoms with Crippen LogP contribution in [0.4, 0.5) is 4.79 Å². The van der Waals surface area contributed by atoms with E-state index >= 15 is 0 Å². The number of alkyl carbamates (subject to hydrolysis) is 1. The summed E-state index contributed by atoms with van der Waals surface area (Å²) in [4.78, 5) is 11.2. The van der Waals surface area contributed by atoms with E-state index in [1.54, 1.807) is 13.0 Å². The quantitative estimate of drug-likeness (QED) is 0.862. The van der Waals surface area contributed by atoms with Crippen LogP contribution in [0.15, 0.2) is 24.3 Å². The predicted octanol–water partition coefficient (Wildman–Crippen LogP) is 3.15. The van der Waals surface area contributed by atoms with Crippen molar-refractivity contribution >= 4 is 17.7 Å². The van der Waals surface area contributed by atoms with Gasteiger partial charge in [0.05, 0.1) is 0 Å². The fourth-order valence-electron chi connectivity index (χ4n) is 1.21. The highest BCUT2D eigenvalue weighted by Gasteiger charge is 2.13. The monoisotopic (exact) mass is 227 g/mol. The molecule has 0 bridgehead atoms. The summed E-state index contributed by atoms with van der Waals surface area (Å²) in [6.07, 6.45) is -0.768. The van der Waals surface area contributed by atoms with Gasteiger partial charge in [-0.25, -0.2) is 4.79 Å². The molecule has 0 unspecified atom stereocenters. The highest BCUT2D eigenvalue weighted by atomic mass is 35.5. The molecule has 0 aliphatic heterocycles. The number of amides is 1. The van der Waals surface area contributed by atoms with Crippen LogP contribution in [-0.4, -0.2) is 12.6 Å². The molecule has 0 saturated heterocycles. The molecule has 4 heteroatoms. The van der Waals surface area contributed by atoms with E-state index in [1.807, 2.05) is 25.1 Å². The zero-order valence-corrected chi connectivity index (χ0v) is 9.54. The lowest BCUT2D eigenvalue weighted by atomic mass is 10.1. The van der Waals surface area contributed by atoms with Crippen LogP contribution in [0.3, 0.4) is 0 Å². The molecule has 0 aliphatic rings. The molecule has 3 nitrogen and oxygen atoms in total. The van der Waals surface area contributed by atoms with E-state index in [1.165, 1.54) is 0 Å². The number of carbonyl (C=O) groups excluding carboxylic acids is 1. The number of ether oxygens (including phenoxy) is 1. The lowest BCUT2D eigenvalue weighted by Crippen LogP contribution is -2.24. The molecule has 1 atom stereocenters. The fraction of sp³-hybridized carbons (Fsp3) is 0.364. The third kappa shape index (κ3) is 3.44. The van der Waals surface area contributed by atoms with Gasteiger partial charge in [0.25, 0.3) is 0 Å². The molecule has 1 aromatic carbocycles. The van der Waals surface area contributed by atoms with Crippen molar-refractivity contribution in [2.45, 2.75) is 20.0 Å². The van der Waals surface area contributed by atoms with Crippen molar-refractivity contribution in [2.75, 3.05) is 6.54 Å². The summed E-state index contributed by atoms with van der Waals surface area (Å²) in [7, 11) is 0. The standard InChI is InChI=1S/C11H14ClNO2/c1-3-13-11(14)15-8(2)9-6-4-5-7-10(9)12/h4-8H,3H2,1-2H3,(H,13,14)/t8-/m1/s1. The van der Waals surface area contributed by atoms with E-state index in [4.69, 9.17) is 16.3 Å². The second kappa shape index (κ2) is 5.61. The normalized spacial score (nSPS) is 11.9. The van der Waals surface area contributed by atoms with Gasteiger partial charge in [-0.3, -0.25) is 0 Å². The average Bonchev–Trinajstić information content (AvgIpc) is 2.18. The maximum atomic E-state index is 11.2. The summed E-state index contributed by atoms with van der Waals surface area (Å²) in [5, 5.41) is 3.17. The summed E-state index contributed by atoms with van der Waals surface area (Å²) in [5.74, 6) is 0.